The Kier molecular flexibility index (Phi) is 7.19. The summed E-state index contributed by atoms with van der Waals surface area (Å²) >= 11 is 0. The van der Waals surface area contributed by atoms with E-state index >= 15 is 0 Å². The van der Waals surface area contributed by atoms with Gasteiger partial charge in [0.05, 0.1) is 6.54 Å². The Bertz CT molecular complexity index is 872. The standard InChI is InChI=1S/C24H34N4O2/c1-5-18(3)27(24(30)25-22-12-8-7-10-19(22)6-2)17-23(29)28(20-13-14-20)16-21-11-9-15-26(21)4/h7-12,15,18,20H,5-6,13-14,16-17H2,1-4H3,(H,25,30)/t18-/m1/s1. The lowest BCUT2D eigenvalue weighted by Crippen LogP contribution is -2.48. The lowest BCUT2D eigenvalue weighted by Gasteiger charge is -2.31. The number of amides is 3. The van der Waals surface area contributed by atoms with Crippen molar-refractivity contribution in [3.63, 3.8) is 0 Å². The number of para-hydroxylation sites is 1. The van der Waals surface area contributed by atoms with E-state index in [1.807, 2.05) is 73.0 Å². The summed E-state index contributed by atoms with van der Waals surface area (Å²) in [5.41, 5.74) is 3.00. The molecule has 1 atom stereocenters. The van der Waals surface area contributed by atoms with E-state index in [0.717, 1.165) is 42.6 Å². The van der Waals surface area contributed by atoms with Crippen LogP contribution < -0.4 is 5.32 Å². The Labute approximate surface area is 179 Å². The Hall–Kier alpha value is -2.76. The summed E-state index contributed by atoms with van der Waals surface area (Å²) in [6.45, 7) is 6.78. The zero-order valence-electron chi connectivity index (χ0n) is 18.6. The van der Waals surface area contributed by atoms with Crippen molar-refractivity contribution >= 4 is 17.6 Å². The minimum atomic E-state index is -0.215. The molecule has 1 heterocycles. The molecule has 1 aromatic heterocycles. The van der Waals surface area contributed by atoms with Crippen LogP contribution >= 0.6 is 0 Å². The first-order chi connectivity index (χ1) is 14.4. The van der Waals surface area contributed by atoms with Gasteiger partial charge in [-0.15, -0.1) is 0 Å². The van der Waals surface area contributed by atoms with Crippen molar-refractivity contribution in [2.24, 2.45) is 7.05 Å². The van der Waals surface area contributed by atoms with Crippen LogP contribution in [0.15, 0.2) is 42.6 Å². The van der Waals surface area contributed by atoms with Gasteiger partial charge >= 0.3 is 6.03 Å². The lowest BCUT2D eigenvalue weighted by molar-refractivity contribution is -0.133. The number of nitrogens with zero attached hydrogens (tertiary/aromatic N) is 3. The molecule has 1 saturated carbocycles. The van der Waals surface area contributed by atoms with Crippen LogP contribution in [0.3, 0.4) is 0 Å². The van der Waals surface area contributed by atoms with E-state index in [-0.39, 0.29) is 30.6 Å². The summed E-state index contributed by atoms with van der Waals surface area (Å²) in [6, 6.07) is 11.9. The maximum Gasteiger partial charge on any atom is 0.322 e. The van der Waals surface area contributed by atoms with Crippen molar-refractivity contribution in [2.45, 2.75) is 65.1 Å². The second kappa shape index (κ2) is 9.83. The van der Waals surface area contributed by atoms with Gasteiger partial charge in [0.15, 0.2) is 0 Å². The SMILES string of the molecule is CCc1ccccc1NC(=O)N(CC(=O)N(Cc1cccn1C)C1CC1)[C@H](C)CC. The number of hydrogen-bond acceptors (Lipinski definition) is 2. The highest BCUT2D eigenvalue weighted by Crippen LogP contribution is 2.29. The topological polar surface area (TPSA) is 57.6 Å². The molecule has 3 amide bonds. The molecule has 6 nitrogen and oxygen atoms in total. The third-order valence-corrected chi connectivity index (χ3v) is 6.02. The Morgan fingerprint density at radius 1 is 1.17 bits per heavy atom. The van der Waals surface area contributed by atoms with Gasteiger partial charge in [0.2, 0.25) is 5.91 Å². The molecule has 0 unspecified atom stereocenters. The van der Waals surface area contributed by atoms with Gasteiger partial charge in [-0.3, -0.25) is 4.79 Å². The summed E-state index contributed by atoms with van der Waals surface area (Å²) in [5.74, 6) is 0.0120. The van der Waals surface area contributed by atoms with Gasteiger partial charge in [-0.25, -0.2) is 4.79 Å². The Balaban J connectivity index is 1.73. The molecule has 1 aliphatic carbocycles. The number of carbonyl (C=O) groups is 2. The third kappa shape index (κ3) is 5.23. The summed E-state index contributed by atoms with van der Waals surface area (Å²) in [7, 11) is 2.00. The highest BCUT2D eigenvalue weighted by Gasteiger charge is 2.34. The summed E-state index contributed by atoms with van der Waals surface area (Å²) in [4.78, 5) is 30.0. The Morgan fingerprint density at radius 2 is 1.90 bits per heavy atom. The normalized spacial score (nSPS) is 14.3. The summed E-state index contributed by atoms with van der Waals surface area (Å²) in [6.07, 6.45) is 5.70. The van der Waals surface area contributed by atoms with Crippen molar-refractivity contribution < 1.29 is 9.59 Å². The Morgan fingerprint density at radius 3 is 2.50 bits per heavy atom. The molecule has 6 heteroatoms. The van der Waals surface area contributed by atoms with Crippen molar-refractivity contribution in [1.29, 1.82) is 0 Å². The van der Waals surface area contributed by atoms with Gasteiger partial charge in [-0.05, 0) is 56.4 Å². The van der Waals surface area contributed by atoms with E-state index in [1.54, 1.807) is 4.90 Å². The van der Waals surface area contributed by atoms with E-state index in [0.29, 0.717) is 6.54 Å². The number of rotatable bonds is 9. The van der Waals surface area contributed by atoms with E-state index in [9.17, 15) is 9.59 Å². The van der Waals surface area contributed by atoms with Gasteiger partial charge < -0.3 is 19.7 Å². The molecule has 1 N–H and O–H groups in total. The van der Waals surface area contributed by atoms with Gasteiger partial charge in [-0.2, -0.15) is 0 Å². The minimum Gasteiger partial charge on any atom is -0.353 e. The molecule has 1 fully saturated rings. The first-order valence-electron chi connectivity index (χ1n) is 11.0. The second-order valence-corrected chi connectivity index (χ2v) is 8.19. The number of carbonyl (C=O) groups excluding carboxylic acids is 2. The first kappa shape index (κ1) is 21.9. The van der Waals surface area contributed by atoms with E-state index < -0.39 is 0 Å². The lowest BCUT2D eigenvalue weighted by atomic mass is 10.1. The van der Waals surface area contributed by atoms with Gasteiger partial charge in [0.25, 0.3) is 0 Å². The van der Waals surface area contributed by atoms with Crippen molar-refractivity contribution in [1.82, 2.24) is 14.4 Å². The fourth-order valence-electron chi connectivity index (χ4n) is 3.66. The van der Waals surface area contributed by atoms with Crippen molar-refractivity contribution in [2.75, 3.05) is 11.9 Å². The maximum absolute atomic E-state index is 13.3. The van der Waals surface area contributed by atoms with Gasteiger partial charge in [0.1, 0.15) is 6.54 Å². The predicted octanol–water partition coefficient (Wildman–Crippen LogP) is 4.41. The highest BCUT2D eigenvalue weighted by molar-refractivity contribution is 5.93. The molecule has 0 radical (unpaired) electrons. The molecule has 1 aliphatic rings. The van der Waals surface area contributed by atoms with Crippen LogP contribution in [0, 0.1) is 0 Å². The maximum atomic E-state index is 13.3. The number of hydrogen-bond donors (Lipinski definition) is 1. The molecule has 2 aromatic rings. The third-order valence-electron chi connectivity index (χ3n) is 6.02. The predicted molar refractivity (Wildman–Crippen MR) is 120 cm³/mol. The van der Waals surface area contributed by atoms with Gasteiger partial charge in [0, 0.05) is 36.7 Å². The average molecular weight is 411 g/mol. The van der Waals surface area contributed by atoms with E-state index in [2.05, 4.69) is 12.2 Å². The molecule has 0 aliphatic heterocycles. The highest BCUT2D eigenvalue weighted by atomic mass is 16.2. The summed E-state index contributed by atoms with van der Waals surface area (Å²) < 4.78 is 2.05. The molecular weight excluding hydrogens is 376 g/mol. The van der Waals surface area contributed by atoms with E-state index in [4.69, 9.17) is 0 Å². The minimum absolute atomic E-state index is 0.0120. The zero-order chi connectivity index (χ0) is 21.7. The molecule has 0 spiro atoms. The van der Waals surface area contributed by atoms with Crippen LogP contribution in [0.4, 0.5) is 10.5 Å². The number of benzene rings is 1. The van der Waals surface area contributed by atoms with E-state index in [1.165, 1.54) is 0 Å². The second-order valence-electron chi connectivity index (χ2n) is 8.19. The molecule has 30 heavy (non-hydrogen) atoms. The smallest absolute Gasteiger partial charge is 0.322 e. The molecule has 162 valence electrons. The first-order valence-corrected chi connectivity index (χ1v) is 11.0. The van der Waals surface area contributed by atoms with Gasteiger partial charge in [-0.1, -0.05) is 32.0 Å². The fraction of sp³-hybridized carbons (Fsp3) is 0.500. The number of urea groups is 1. The summed E-state index contributed by atoms with van der Waals surface area (Å²) in [5, 5.41) is 3.03. The molecule has 3 rings (SSSR count). The number of aromatic nitrogens is 1. The van der Waals surface area contributed by atoms with Crippen LogP contribution in [0.25, 0.3) is 0 Å². The van der Waals surface area contributed by atoms with Crippen LogP contribution in [-0.4, -0.2) is 44.9 Å². The molecule has 0 bridgehead atoms. The number of aryl methyl sites for hydroxylation is 2. The number of anilines is 1. The zero-order valence-corrected chi connectivity index (χ0v) is 18.6. The largest absolute Gasteiger partial charge is 0.353 e. The van der Waals surface area contributed by atoms with Crippen LogP contribution in [-0.2, 0) is 24.8 Å². The monoisotopic (exact) mass is 410 g/mol. The average Bonchev–Trinajstić information content (AvgIpc) is 3.51. The molecule has 1 aromatic carbocycles. The number of nitrogens with one attached hydrogen (secondary N) is 1. The molecule has 0 saturated heterocycles. The van der Waals surface area contributed by atoms with Crippen molar-refractivity contribution in [3.8, 4) is 0 Å². The fourth-order valence-corrected chi connectivity index (χ4v) is 3.66. The van der Waals surface area contributed by atoms with Crippen LogP contribution in [0.2, 0.25) is 0 Å². The van der Waals surface area contributed by atoms with Crippen molar-refractivity contribution in [3.05, 3.63) is 53.9 Å². The molecular formula is C24H34N4O2. The van der Waals surface area contributed by atoms with Crippen LogP contribution in [0.1, 0.15) is 51.3 Å². The quantitative estimate of drug-likeness (QED) is 0.666. The van der Waals surface area contributed by atoms with Crippen LogP contribution in [0.5, 0.6) is 0 Å².